The summed E-state index contributed by atoms with van der Waals surface area (Å²) in [6.45, 7) is 2.86. The van der Waals surface area contributed by atoms with Crippen molar-refractivity contribution >= 4 is 5.91 Å². The lowest BCUT2D eigenvalue weighted by Crippen LogP contribution is -2.34. The van der Waals surface area contributed by atoms with Crippen LogP contribution < -0.4 is 10.1 Å². The van der Waals surface area contributed by atoms with Gasteiger partial charge in [0.05, 0.1) is 19.3 Å². The molecule has 0 bridgehead atoms. The number of carbonyl (C=O) groups excluding carboxylic acids is 1. The quantitative estimate of drug-likeness (QED) is 0.802. The molecule has 1 amide bonds. The molecule has 2 rings (SSSR count). The first-order chi connectivity index (χ1) is 9.74. The second-order valence-corrected chi connectivity index (χ2v) is 4.33. The molecule has 0 aliphatic rings. The third-order valence-electron chi connectivity index (χ3n) is 2.59. The molecule has 0 radical (unpaired) electrons. The van der Waals surface area contributed by atoms with Gasteiger partial charge in [0.1, 0.15) is 24.5 Å². The van der Waals surface area contributed by atoms with Crippen LogP contribution in [0.2, 0.25) is 0 Å². The van der Waals surface area contributed by atoms with Gasteiger partial charge >= 0.3 is 0 Å². The number of hydrogen-bond donors (Lipinski definition) is 1. The lowest BCUT2D eigenvalue weighted by Gasteiger charge is -2.15. The van der Waals surface area contributed by atoms with E-state index in [1.807, 2.05) is 13.0 Å². The smallest absolute Gasteiger partial charge is 0.221 e. The van der Waals surface area contributed by atoms with Crippen molar-refractivity contribution in [1.29, 1.82) is 0 Å². The second kappa shape index (κ2) is 7.22. The molecule has 0 fully saturated rings. The minimum Gasteiger partial charge on any atom is -0.487 e. The van der Waals surface area contributed by atoms with Crippen molar-refractivity contribution < 1.29 is 9.53 Å². The molecule has 0 spiro atoms. The van der Waals surface area contributed by atoms with E-state index in [2.05, 4.69) is 20.4 Å². The molecule has 0 unspecified atom stereocenters. The highest BCUT2D eigenvalue weighted by molar-refractivity contribution is 5.75. The van der Waals surface area contributed by atoms with Gasteiger partial charge in [-0.25, -0.2) is 4.98 Å². The number of aromatic nitrogens is 4. The number of amides is 1. The molecule has 7 nitrogen and oxygen atoms in total. The third kappa shape index (κ3) is 4.68. The predicted molar refractivity (Wildman–Crippen MR) is 72.0 cm³/mol. The number of nitrogens with one attached hydrogen (secondary N) is 1. The SMILES string of the molecule is C[C@@H](CNC(=O)CCn1cncn1)Oc1cccnc1. The summed E-state index contributed by atoms with van der Waals surface area (Å²) >= 11 is 0. The molecule has 1 N–H and O–H groups in total. The number of pyridine rings is 1. The first kappa shape index (κ1) is 14.0. The Hall–Kier alpha value is -2.44. The van der Waals surface area contributed by atoms with E-state index < -0.39 is 0 Å². The highest BCUT2D eigenvalue weighted by Crippen LogP contribution is 2.08. The van der Waals surface area contributed by atoms with Crippen LogP contribution in [0.5, 0.6) is 5.75 Å². The minimum atomic E-state index is -0.116. The van der Waals surface area contributed by atoms with Crippen LogP contribution >= 0.6 is 0 Å². The van der Waals surface area contributed by atoms with Gasteiger partial charge < -0.3 is 10.1 Å². The molecule has 0 aliphatic heterocycles. The van der Waals surface area contributed by atoms with Gasteiger partial charge in [-0.05, 0) is 19.1 Å². The van der Waals surface area contributed by atoms with Crippen LogP contribution in [0.3, 0.4) is 0 Å². The summed E-state index contributed by atoms with van der Waals surface area (Å²) < 4.78 is 7.23. The van der Waals surface area contributed by atoms with Gasteiger partial charge in [-0.15, -0.1) is 0 Å². The molecule has 20 heavy (non-hydrogen) atoms. The van der Waals surface area contributed by atoms with Crippen LogP contribution in [-0.4, -0.2) is 38.3 Å². The number of hydrogen-bond acceptors (Lipinski definition) is 5. The monoisotopic (exact) mass is 275 g/mol. The number of carbonyl (C=O) groups is 1. The Morgan fingerprint density at radius 2 is 2.40 bits per heavy atom. The van der Waals surface area contributed by atoms with Crippen LogP contribution in [0.4, 0.5) is 0 Å². The molecule has 2 aromatic rings. The highest BCUT2D eigenvalue weighted by Gasteiger charge is 2.07. The zero-order valence-electron chi connectivity index (χ0n) is 11.3. The van der Waals surface area contributed by atoms with Crippen molar-refractivity contribution in [1.82, 2.24) is 25.1 Å². The van der Waals surface area contributed by atoms with E-state index in [0.29, 0.717) is 25.3 Å². The Bertz CT molecular complexity index is 515. The highest BCUT2D eigenvalue weighted by atomic mass is 16.5. The standard InChI is InChI=1S/C13H17N5O2/c1-11(20-12-3-2-5-14-8-12)7-16-13(19)4-6-18-10-15-9-17-18/h2-3,5,8-11H,4,6-7H2,1H3,(H,16,19)/t11-/m0/s1. The topological polar surface area (TPSA) is 81.9 Å². The van der Waals surface area contributed by atoms with Crippen LogP contribution in [0, 0.1) is 0 Å². The largest absolute Gasteiger partial charge is 0.487 e. The summed E-state index contributed by atoms with van der Waals surface area (Å²) in [4.78, 5) is 19.4. The maximum absolute atomic E-state index is 11.7. The average molecular weight is 275 g/mol. The van der Waals surface area contributed by atoms with Crippen molar-refractivity contribution in [3.8, 4) is 5.75 Å². The number of aryl methyl sites for hydroxylation is 1. The summed E-state index contributed by atoms with van der Waals surface area (Å²) in [6.07, 6.45) is 6.60. The van der Waals surface area contributed by atoms with Crippen LogP contribution in [0.1, 0.15) is 13.3 Å². The maximum atomic E-state index is 11.7. The third-order valence-corrected chi connectivity index (χ3v) is 2.59. The van der Waals surface area contributed by atoms with Crippen molar-refractivity contribution in [3.63, 3.8) is 0 Å². The van der Waals surface area contributed by atoms with Gasteiger partial charge in [0.2, 0.25) is 5.91 Å². The molecule has 1 atom stereocenters. The van der Waals surface area contributed by atoms with E-state index in [1.54, 1.807) is 29.5 Å². The predicted octanol–water partition coefficient (Wildman–Crippen LogP) is 0.647. The summed E-state index contributed by atoms with van der Waals surface area (Å²) in [7, 11) is 0. The molecular formula is C13H17N5O2. The van der Waals surface area contributed by atoms with Crippen LogP contribution in [0.25, 0.3) is 0 Å². The van der Waals surface area contributed by atoms with E-state index in [-0.39, 0.29) is 12.0 Å². The fourth-order valence-electron chi connectivity index (χ4n) is 1.60. The summed E-state index contributed by atoms with van der Waals surface area (Å²) in [5.74, 6) is 0.652. The first-order valence-electron chi connectivity index (χ1n) is 6.40. The van der Waals surface area contributed by atoms with E-state index in [4.69, 9.17) is 4.74 Å². The second-order valence-electron chi connectivity index (χ2n) is 4.33. The van der Waals surface area contributed by atoms with Gasteiger partial charge in [-0.3, -0.25) is 14.5 Å². The van der Waals surface area contributed by atoms with Crippen molar-refractivity contribution in [2.24, 2.45) is 0 Å². The molecule has 2 aromatic heterocycles. The Morgan fingerprint density at radius 1 is 1.50 bits per heavy atom. The molecule has 2 heterocycles. The summed E-state index contributed by atoms with van der Waals surface area (Å²) in [6, 6.07) is 3.63. The Kier molecular flexibility index (Phi) is 5.05. The fourth-order valence-corrected chi connectivity index (χ4v) is 1.60. The van der Waals surface area contributed by atoms with Gasteiger partial charge in [0.15, 0.2) is 0 Å². The molecular weight excluding hydrogens is 258 g/mol. The van der Waals surface area contributed by atoms with E-state index >= 15 is 0 Å². The van der Waals surface area contributed by atoms with Crippen LogP contribution in [-0.2, 0) is 11.3 Å². The average Bonchev–Trinajstić information content (AvgIpc) is 2.97. The molecule has 0 saturated carbocycles. The molecule has 106 valence electrons. The number of rotatable bonds is 7. The van der Waals surface area contributed by atoms with Gasteiger partial charge in [-0.2, -0.15) is 5.10 Å². The summed E-state index contributed by atoms with van der Waals surface area (Å²) in [5, 5.41) is 6.75. The molecule has 0 saturated heterocycles. The van der Waals surface area contributed by atoms with Crippen molar-refractivity contribution in [2.45, 2.75) is 26.0 Å². The van der Waals surface area contributed by atoms with Crippen LogP contribution in [0.15, 0.2) is 37.2 Å². The van der Waals surface area contributed by atoms with Gasteiger partial charge in [0.25, 0.3) is 0 Å². The number of nitrogens with zero attached hydrogens (tertiary/aromatic N) is 4. The maximum Gasteiger partial charge on any atom is 0.221 e. The fraction of sp³-hybridized carbons (Fsp3) is 0.385. The lowest BCUT2D eigenvalue weighted by atomic mass is 10.3. The lowest BCUT2D eigenvalue weighted by molar-refractivity contribution is -0.121. The number of ether oxygens (including phenoxy) is 1. The van der Waals surface area contributed by atoms with Gasteiger partial charge in [0, 0.05) is 12.6 Å². The Labute approximate surface area is 117 Å². The van der Waals surface area contributed by atoms with E-state index in [0.717, 1.165) is 0 Å². The molecule has 0 aliphatic carbocycles. The molecule has 0 aromatic carbocycles. The van der Waals surface area contributed by atoms with Crippen molar-refractivity contribution in [3.05, 3.63) is 37.2 Å². The zero-order chi connectivity index (χ0) is 14.2. The van der Waals surface area contributed by atoms with E-state index in [1.165, 1.54) is 6.33 Å². The van der Waals surface area contributed by atoms with Gasteiger partial charge in [-0.1, -0.05) is 0 Å². The first-order valence-corrected chi connectivity index (χ1v) is 6.40. The Balaban J connectivity index is 1.65. The Morgan fingerprint density at radius 3 is 3.10 bits per heavy atom. The van der Waals surface area contributed by atoms with E-state index in [9.17, 15) is 4.79 Å². The van der Waals surface area contributed by atoms with Crippen molar-refractivity contribution in [2.75, 3.05) is 6.54 Å². The zero-order valence-corrected chi connectivity index (χ0v) is 11.3. The minimum absolute atomic E-state index is 0.0397. The normalized spacial score (nSPS) is 11.8. The molecule has 7 heteroatoms. The summed E-state index contributed by atoms with van der Waals surface area (Å²) in [5.41, 5.74) is 0.